The molecule has 1 aliphatic carbocycles. The molecule has 3 aliphatic rings. The van der Waals surface area contributed by atoms with Crippen LogP contribution in [0.1, 0.15) is 24.3 Å². The van der Waals surface area contributed by atoms with Crippen LogP contribution in [-0.2, 0) is 16.1 Å². The topological polar surface area (TPSA) is 54.5 Å². The number of hydrogen-bond acceptors (Lipinski definition) is 5. The van der Waals surface area contributed by atoms with Crippen LogP contribution in [0.3, 0.4) is 0 Å². The lowest BCUT2D eigenvalue weighted by atomic mass is 9.84. The normalized spacial score (nSPS) is 31.9. The number of aromatic nitrogens is 1. The number of hydrogen-bond donors (Lipinski definition) is 1. The molecule has 1 N–H and O–H groups in total. The van der Waals surface area contributed by atoms with Gasteiger partial charge in [-0.15, -0.1) is 11.3 Å². The maximum atomic E-state index is 11.8. The lowest BCUT2D eigenvalue weighted by Gasteiger charge is -2.35. The van der Waals surface area contributed by atoms with Crippen LogP contribution in [0.15, 0.2) is 11.6 Å². The molecule has 1 saturated carbocycles. The lowest BCUT2D eigenvalue weighted by Crippen LogP contribution is -2.43. The second-order valence-corrected chi connectivity index (χ2v) is 7.74. The Hall–Kier alpha value is -0.980. The third kappa shape index (κ3) is 3.19. The highest BCUT2D eigenvalue weighted by atomic mass is 32.1. The second kappa shape index (κ2) is 6.26. The quantitative estimate of drug-likeness (QED) is 0.893. The Balaban J connectivity index is 1.27. The average molecular weight is 321 g/mol. The van der Waals surface area contributed by atoms with E-state index in [0.29, 0.717) is 18.4 Å². The van der Waals surface area contributed by atoms with Gasteiger partial charge in [-0.1, -0.05) is 0 Å². The summed E-state index contributed by atoms with van der Waals surface area (Å²) in [5.41, 5.74) is 0. The average Bonchev–Trinajstić information content (AvgIpc) is 3.12. The molecular weight excluding hydrogens is 298 g/mol. The second-order valence-electron chi connectivity index (χ2n) is 6.76. The van der Waals surface area contributed by atoms with Crippen molar-refractivity contribution in [1.29, 1.82) is 0 Å². The molecule has 2 aliphatic heterocycles. The molecule has 3 fully saturated rings. The molecular formula is C16H23N3O2S. The predicted octanol–water partition coefficient (Wildman–Crippen LogP) is 1.51. The summed E-state index contributed by atoms with van der Waals surface area (Å²) in [6.45, 7) is 4.70. The zero-order valence-corrected chi connectivity index (χ0v) is 13.6. The molecule has 6 heteroatoms. The summed E-state index contributed by atoms with van der Waals surface area (Å²) in [5, 5.41) is 6.32. The summed E-state index contributed by atoms with van der Waals surface area (Å²) in [6.07, 6.45) is 5.39. The Morgan fingerprint density at radius 3 is 3.14 bits per heavy atom. The molecule has 0 aromatic carbocycles. The van der Waals surface area contributed by atoms with Crippen LogP contribution in [0.2, 0.25) is 0 Å². The molecule has 1 amide bonds. The van der Waals surface area contributed by atoms with Gasteiger partial charge in [-0.05, 0) is 31.7 Å². The van der Waals surface area contributed by atoms with Gasteiger partial charge in [0.2, 0.25) is 5.91 Å². The summed E-state index contributed by atoms with van der Waals surface area (Å²) < 4.78 is 5.98. The number of rotatable bonds is 5. The number of fused-ring (bicyclic) bond motifs is 1. The highest BCUT2D eigenvalue weighted by molar-refractivity contribution is 7.09. The van der Waals surface area contributed by atoms with Gasteiger partial charge in [0.1, 0.15) is 5.01 Å². The fraction of sp³-hybridized carbons (Fsp3) is 0.750. The van der Waals surface area contributed by atoms with Crippen molar-refractivity contribution in [2.75, 3.05) is 26.2 Å². The molecule has 120 valence electrons. The van der Waals surface area contributed by atoms with Gasteiger partial charge in [-0.2, -0.15) is 0 Å². The number of nitrogens with one attached hydrogen (secondary N) is 1. The van der Waals surface area contributed by atoms with Crippen molar-refractivity contribution in [2.45, 2.75) is 31.9 Å². The first-order valence-corrected chi connectivity index (χ1v) is 9.17. The van der Waals surface area contributed by atoms with E-state index in [1.54, 1.807) is 11.3 Å². The zero-order valence-electron chi connectivity index (χ0n) is 12.7. The minimum Gasteiger partial charge on any atom is -0.376 e. The van der Waals surface area contributed by atoms with Crippen molar-refractivity contribution in [2.24, 2.45) is 17.8 Å². The van der Waals surface area contributed by atoms with Crippen molar-refractivity contribution in [3.8, 4) is 0 Å². The molecule has 0 bridgehead atoms. The molecule has 0 unspecified atom stereocenters. The first-order chi connectivity index (χ1) is 10.8. The largest absolute Gasteiger partial charge is 0.376 e. The number of likely N-dealkylation sites (tertiary alicyclic amines) is 1. The van der Waals surface area contributed by atoms with Crippen LogP contribution in [0.4, 0.5) is 0 Å². The Kier molecular flexibility index (Phi) is 4.15. The van der Waals surface area contributed by atoms with Crippen LogP contribution in [-0.4, -0.2) is 48.1 Å². The lowest BCUT2D eigenvalue weighted by molar-refractivity contribution is -0.122. The van der Waals surface area contributed by atoms with Gasteiger partial charge in [0.05, 0.1) is 19.3 Å². The Bertz CT molecular complexity index is 517. The summed E-state index contributed by atoms with van der Waals surface area (Å²) in [7, 11) is 0. The van der Waals surface area contributed by atoms with Crippen molar-refractivity contribution in [1.82, 2.24) is 15.2 Å². The maximum Gasteiger partial charge on any atom is 0.223 e. The minimum atomic E-state index is 0.217. The highest BCUT2D eigenvalue weighted by Gasteiger charge is 2.41. The van der Waals surface area contributed by atoms with Gasteiger partial charge in [-0.25, -0.2) is 4.98 Å². The van der Waals surface area contributed by atoms with Crippen LogP contribution < -0.4 is 5.32 Å². The van der Waals surface area contributed by atoms with Gasteiger partial charge in [0.15, 0.2) is 0 Å². The number of thiazole rings is 1. The van der Waals surface area contributed by atoms with E-state index >= 15 is 0 Å². The number of carbonyl (C=O) groups is 1. The van der Waals surface area contributed by atoms with E-state index in [1.807, 2.05) is 11.6 Å². The third-order valence-electron chi connectivity index (χ3n) is 5.15. The molecule has 4 rings (SSSR count). The number of carbonyl (C=O) groups excluding carboxylic acids is 1. The molecule has 3 atom stereocenters. The SMILES string of the molecule is O=C(NC[C@@H]1OC[C@@H]2CN(Cc3nccs3)CC[C@@H]21)C1CC1. The first-order valence-electron chi connectivity index (χ1n) is 8.29. The number of piperidine rings is 1. The molecule has 1 aromatic rings. The minimum absolute atomic E-state index is 0.217. The van der Waals surface area contributed by atoms with Crippen LogP contribution >= 0.6 is 11.3 Å². The molecule has 3 heterocycles. The number of ether oxygens (including phenoxy) is 1. The van der Waals surface area contributed by atoms with Gasteiger partial charge in [0, 0.05) is 36.5 Å². The fourth-order valence-corrected chi connectivity index (χ4v) is 4.39. The van der Waals surface area contributed by atoms with Crippen LogP contribution in [0.5, 0.6) is 0 Å². The Labute approximate surface area is 135 Å². The number of amides is 1. The van der Waals surface area contributed by atoms with E-state index in [0.717, 1.165) is 39.1 Å². The fourth-order valence-electron chi connectivity index (χ4n) is 3.73. The van der Waals surface area contributed by atoms with Gasteiger partial charge in [-0.3, -0.25) is 9.69 Å². The van der Waals surface area contributed by atoms with Crippen molar-refractivity contribution >= 4 is 17.2 Å². The molecule has 0 spiro atoms. The highest BCUT2D eigenvalue weighted by Crippen LogP contribution is 2.35. The van der Waals surface area contributed by atoms with E-state index in [2.05, 4.69) is 15.2 Å². The van der Waals surface area contributed by atoms with Crippen LogP contribution in [0, 0.1) is 17.8 Å². The monoisotopic (exact) mass is 321 g/mol. The zero-order chi connectivity index (χ0) is 14.9. The Morgan fingerprint density at radius 2 is 2.36 bits per heavy atom. The van der Waals surface area contributed by atoms with Crippen molar-refractivity contribution in [3.63, 3.8) is 0 Å². The van der Waals surface area contributed by atoms with Crippen molar-refractivity contribution in [3.05, 3.63) is 16.6 Å². The summed E-state index contributed by atoms with van der Waals surface area (Å²) in [4.78, 5) is 18.6. The van der Waals surface area contributed by atoms with E-state index < -0.39 is 0 Å². The van der Waals surface area contributed by atoms with E-state index in [4.69, 9.17) is 4.74 Å². The molecule has 22 heavy (non-hydrogen) atoms. The predicted molar refractivity (Wildman–Crippen MR) is 84.5 cm³/mol. The number of nitrogens with zero attached hydrogens (tertiary/aromatic N) is 2. The molecule has 0 radical (unpaired) electrons. The van der Waals surface area contributed by atoms with Gasteiger partial charge < -0.3 is 10.1 Å². The smallest absolute Gasteiger partial charge is 0.223 e. The summed E-state index contributed by atoms with van der Waals surface area (Å²) in [5.74, 6) is 1.73. The van der Waals surface area contributed by atoms with E-state index in [9.17, 15) is 4.79 Å². The molecule has 2 saturated heterocycles. The summed E-state index contributed by atoms with van der Waals surface area (Å²) >= 11 is 1.73. The Morgan fingerprint density at radius 1 is 1.45 bits per heavy atom. The van der Waals surface area contributed by atoms with Crippen LogP contribution in [0.25, 0.3) is 0 Å². The molecule has 5 nitrogen and oxygen atoms in total. The first kappa shape index (κ1) is 14.6. The third-order valence-corrected chi connectivity index (χ3v) is 5.91. The molecule has 1 aromatic heterocycles. The van der Waals surface area contributed by atoms with Gasteiger partial charge in [0.25, 0.3) is 0 Å². The van der Waals surface area contributed by atoms with E-state index in [1.165, 1.54) is 11.4 Å². The summed E-state index contributed by atoms with van der Waals surface area (Å²) in [6, 6.07) is 0. The van der Waals surface area contributed by atoms with Gasteiger partial charge >= 0.3 is 0 Å². The maximum absolute atomic E-state index is 11.8. The van der Waals surface area contributed by atoms with E-state index in [-0.39, 0.29) is 17.9 Å². The van der Waals surface area contributed by atoms with Crippen molar-refractivity contribution < 1.29 is 9.53 Å². The standard InChI is InChI=1S/C16H23N3O2S/c20-16(11-1-2-11)18-7-14-13-3-5-19(8-12(13)10-21-14)9-15-17-4-6-22-15/h4,6,11-14H,1-3,5,7-10H2,(H,18,20)/t12-,13-,14-/m0/s1.